The molecule has 1 spiro atoms. The zero-order valence-corrected chi connectivity index (χ0v) is 12.4. The highest BCUT2D eigenvalue weighted by Crippen LogP contribution is 2.41. The Morgan fingerprint density at radius 1 is 1.00 bits per heavy atom. The van der Waals surface area contributed by atoms with Gasteiger partial charge in [-0.1, -0.05) is 0 Å². The van der Waals surface area contributed by atoms with Crippen LogP contribution in [0.5, 0.6) is 0 Å². The third-order valence-electron chi connectivity index (χ3n) is 4.81. The van der Waals surface area contributed by atoms with Crippen molar-refractivity contribution in [2.75, 3.05) is 26.2 Å². The molecule has 2 saturated heterocycles. The van der Waals surface area contributed by atoms with Crippen molar-refractivity contribution in [3.05, 3.63) is 0 Å². The number of rotatable bonds is 1. The van der Waals surface area contributed by atoms with Gasteiger partial charge in [0.05, 0.1) is 0 Å². The lowest BCUT2D eigenvalue weighted by Gasteiger charge is -2.43. The van der Waals surface area contributed by atoms with Crippen LogP contribution in [0.1, 0.15) is 53.9 Å². The third kappa shape index (κ3) is 2.85. The van der Waals surface area contributed by atoms with Gasteiger partial charge in [0.15, 0.2) is 0 Å². The monoisotopic (exact) mass is 238 g/mol. The van der Waals surface area contributed by atoms with Crippen molar-refractivity contribution in [1.82, 2.24) is 9.80 Å². The van der Waals surface area contributed by atoms with E-state index in [2.05, 4.69) is 44.4 Å². The molecule has 0 aliphatic carbocycles. The quantitative estimate of drug-likeness (QED) is 0.693. The molecule has 2 nitrogen and oxygen atoms in total. The molecule has 2 aliphatic rings. The molecule has 17 heavy (non-hydrogen) atoms. The predicted molar refractivity (Wildman–Crippen MR) is 74.3 cm³/mol. The second-order valence-corrected chi connectivity index (χ2v) is 7.51. The molecule has 2 fully saturated rings. The third-order valence-corrected chi connectivity index (χ3v) is 4.81. The zero-order valence-electron chi connectivity index (χ0n) is 12.4. The van der Waals surface area contributed by atoms with Gasteiger partial charge < -0.3 is 4.90 Å². The lowest BCUT2D eigenvalue weighted by molar-refractivity contribution is 0.0589. The molecule has 0 N–H and O–H groups in total. The van der Waals surface area contributed by atoms with E-state index < -0.39 is 0 Å². The normalized spacial score (nSPS) is 32.8. The first-order valence-electron chi connectivity index (χ1n) is 7.32. The Labute approximate surface area is 107 Å². The molecule has 0 radical (unpaired) electrons. The van der Waals surface area contributed by atoms with E-state index in [4.69, 9.17) is 0 Å². The van der Waals surface area contributed by atoms with Crippen molar-refractivity contribution in [3.8, 4) is 0 Å². The molecule has 2 rings (SSSR count). The summed E-state index contributed by atoms with van der Waals surface area (Å²) in [6.45, 7) is 17.0. The molecule has 2 aliphatic heterocycles. The first-order chi connectivity index (χ1) is 7.82. The van der Waals surface area contributed by atoms with Crippen LogP contribution in [-0.4, -0.2) is 47.6 Å². The molecule has 1 unspecified atom stereocenters. The summed E-state index contributed by atoms with van der Waals surface area (Å²) < 4.78 is 0. The zero-order chi connectivity index (χ0) is 12.7. The van der Waals surface area contributed by atoms with Crippen molar-refractivity contribution >= 4 is 0 Å². The molecule has 2 heterocycles. The fourth-order valence-electron chi connectivity index (χ4n) is 3.53. The molecule has 1 atom stereocenters. The van der Waals surface area contributed by atoms with Crippen molar-refractivity contribution in [1.29, 1.82) is 0 Å². The Morgan fingerprint density at radius 2 is 1.71 bits per heavy atom. The van der Waals surface area contributed by atoms with E-state index >= 15 is 0 Å². The number of hydrogen-bond acceptors (Lipinski definition) is 2. The Balaban J connectivity index is 2.02. The van der Waals surface area contributed by atoms with Gasteiger partial charge >= 0.3 is 0 Å². The maximum Gasteiger partial charge on any atom is 0.0125 e. The second kappa shape index (κ2) is 4.55. The number of piperidine rings is 1. The van der Waals surface area contributed by atoms with Crippen LogP contribution in [0.25, 0.3) is 0 Å². The molecular formula is C15H30N2. The fraction of sp³-hybridized carbons (Fsp3) is 1.00. The van der Waals surface area contributed by atoms with E-state index in [-0.39, 0.29) is 0 Å². The summed E-state index contributed by atoms with van der Waals surface area (Å²) in [4.78, 5) is 5.38. The van der Waals surface area contributed by atoms with Crippen LogP contribution < -0.4 is 0 Å². The van der Waals surface area contributed by atoms with Crippen molar-refractivity contribution in [2.24, 2.45) is 5.41 Å². The molecule has 100 valence electrons. The molecule has 0 aromatic rings. The Bertz CT molecular complexity index is 267. The molecule has 0 amide bonds. The van der Waals surface area contributed by atoms with Crippen LogP contribution in [0.3, 0.4) is 0 Å². The minimum atomic E-state index is 0.351. The van der Waals surface area contributed by atoms with Crippen LogP contribution in [0.4, 0.5) is 0 Å². The minimum Gasteiger partial charge on any atom is -0.300 e. The summed E-state index contributed by atoms with van der Waals surface area (Å²) in [6.07, 6.45) is 4.26. The van der Waals surface area contributed by atoms with Crippen LogP contribution in [0, 0.1) is 5.41 Å². The molecule has 0 bridgehead atoms. The predicted octanol–water partition coefficient (Wildman–Crippen LogP) is 2.98. The van der Waals surface area contributed by atoms with Crippen LogP contribution in [0.15, 0.2) is 0 Å². The van der Waals surface area contributed by atoms with E-state index in [1.54, 1.807) is 0 Å². The van der Waals surface area contributed by atoms with Crippen molar-refractivity contribution < 1.29 is 0 Å². The van der Waals surface area contributed by atoms with Crippen LogP contribution in [0.2, 0.25) is 0 Å². The topological polar surface area (TPSA) is 6.48 Å². The SMILES string of the molecule is CC(C)N1CCCC2(CCN(C(C)(C)C)C2)C1. The van der Waals surface area contributed by atoms with E-state index in [9.17, 15) is 0 Å². The Kier molecular flexibility index (Phi) is 3.57. The van der Waals surface area contributed by atoms with Gasteiger partial charge in [0.2, 0.25) is 0 Å². The smallest absolute Gasteiger partial charge is 0.0125 e. The Morgan fingerprint density at radius 3 is 2.24 bits per heavy atom. The van der Waals surface area contributed by atoms with Crippen LogP contribution in [-0.2, 0) is 0 Å². The lowest BCUT2D eigenvalue weighted by atomic mass is 9.78. The first kappa shape index (κ1) is 13.4. The largest absolute Gasteiger partial charge is 0.300 e. The Hall–Kier alpha value is -0.0800. The maximum absolute atomic E-state index is 2.69. The molecule has 0 aromatic carbocycles. The van der Waals surface area contributed by atoms with E-state index in [0.717, 1.165) is 6.04 Å². The number of hydrogen-bond donors (Lipinski definition) is 0. The maximum atomic E-state index is 2.69. The van der Waals surface area contributed by atoms with Gasteiger partial charge in [-0.25, -0.2) is 0 Å². The highest BCUT2D eigenvalue weighted by atomic mass is 15.2. The van der Waals surface area contributed by atoms with E-state index in [1.165, 1.54) is 45.4 Å². The summed E-state index contributed by atoms with van der Waals surface area (Å²) in [5.41, 5.74) is 0.958. The lowest BCUT2D eigenvalue weighted by Crippen LogP contribution is -2.49. The summed E-state index contributed by atoms with van der Waals surface area (Å²) in [7, 11) is 0. The molecule has 2 heteroatoms. The number of likely N-dealkylation sites (tertiary alicyclic amines) is 2. The molecular weight excluding hydrogens is 208 g/mol. The average molecular weight is 238 g/mol. The highest BCUT2D eigenvalue weighted by Gasteiger charge is 2.44. The van der Waals surface area contributed by atoms with Crippen molar-refractivity contribution in [3.63, 3.8) is 0 Å². The van der Waals surface area contributed by atoms with E-state index in [1.807, 2.05) is 0 Å². The summed E-state index contributed by atoms with van der Waals surface area (Å²) in [5, 5.41) is 0. The summed E-state index contributed by atoms with van der Waals surface area (Å²) in [6, 6.07) is 0.718. The fourth-order valence-corrected chi connectivity index (χ4v) is 3.53. The van der Waals surface area contributed by atoms with Gasteiger partial charge in [0.25, 0.3) is 0 Å². The van der Waals surface area contributed by atoms with Gasteiger partial charge in [-0.3, -0.25) is 4.90 Å². The summed E-state index contributed by atoms with van der Waals surface area (Å²) in [5.74, 6) is 0. The van der Waals surface area contributed by atoms with E-state index in [0.29, 0.717) is 11.0 Å². The standard InChI is InChI=1S/C15H30N2/c1-13(2)16-9-6-7-15(11-16)8-10-17(12-15)14(3,4)5/h13H,6-12H2,1-5H3. The summed E-state index contributed by atoms with van der Waals surface area (Å²) >= 11 is 0. The minimum absolute atomic E-state index is 0.351. The number of nitrogens with zero attached hydrogens (tertiary/aromatic N) is 2. The average Bonchev–Trinajstić information content (AvgIpc) is 2.62. The second-order valence-electron chi connectivity index (χ2n) is 7.51. The van der Waals surface area contributed by atoms with Crippen LogP contribution >= 0.6 is 0 Å². The van der Waals surface area contributed by atoms with Gasteiger partial charge in [-0.05, 0) is 72.4 Å². The van der Waals surface area contributed by atoms with Gasteiger partial charge in [0, 0.05) is 24.7 Å². The van der Waals surface area contributed by atoms with Gasteiger partial charge in [-0.2, -0.15) is 0 Å². The molecule has 0 aromatic heterocycles. The first-order valence-corrected chi connectivity index (χ1v) is 7.32. The van der Waals surface area contributed by atoms with Crippen molar-refractivity contribution in [2.45, 2.75) is 65.5 Å². The van der Waals surface area contributed by atoms with Gasteiger partial charge in [-0.15, -0.1) is 0 Å². The van der Waals surface area contributed by atoms with Gasteiger partial charge in [0.1, 0.15) is 0 Å². The highest BCUT2D eigenvalue weighted by molar-refractivity contribution is 4.98. The molecule has 0 saturated carbocycles.